The molecule has 0 aliphatic heterocycles. The smallest absolute Gasteiger partial charge is 0.407 e. The predicted octanol–water partition coefficient (Wildman–Crippen LogP) is 5.14. The van der Waals surface area contributed by atoms with Gasteiger partial charge in [-0.2, -0.15) is 5.26 Å². The number of alkyl carbamates (subject to hydrolysis) is 1. The SMILES string of the molecule is CC(C)(C)OC(=O)NCc1ccc(NC(=O)c2cc(C#N)c(Cl)cc2Cl)cc1. The maximum absolute atomic E-state index is 12.4. The van der Waals surface area contributed by atoms with Crippen molar-refractivity contribution >= 4 is 40.9 Å². The normalized spacial score (nSPS) is 10.7. The van der Waals surface area contributed by atoms with Crippen LogP contribution in [0.2, 0.25) is 10.0 Å². The van der Waals surface area contributed by atoms with E-state index in [4.69, 9.17) is 33.2 Å². The minimum atomic E-state index is -0.563. The zero-order valence-electron chi connectivity index (χ0n) is 15.6. The maximum Gasteiger partial charge on any atom is 0.407 e. The Morgan fingerprint density at radius 2 is 1.75 bits per heavy atom. The van der Waals surface area contributed by atoms with E-state index in [-0.39, 0.29) is 27.7 Å². The van der Waals surface area contributed by atoms with Crippen LogP contribution in [0.1, 0.15) is 42.3 Å². The van der Waals surface area contributed by atoms with Crippen molar-refractivity contribution in [3.05, 3.63) is 63.1 Å². The first-order chi connectivity index (χ1) is 13.1. The molecule has 8 heteroatoms. The van der Waals surface area contributed by atoms with Gasteiger partial charge in [-0.1, -0.05) is 35.3 Å². The molecule has 0 saturated heterocycles. The molecule has 0 heterocycles. The van der Waals surface area contributed by atoms with Crippen LogP contribution in [0.4, 0.5) is 10.5 Å². The molecule has 0 unspecified atom stereocenters. The van der Waals surface area contributed by atoms with Crippen LogP contribution in [-0.2, 0) is 11.3 Å². The van der Waals surface area contributed by atoms with Gasteiger partial charge in [-0.25, -0.2) is 4.79 Å². The van der Waals surface area contributed by atoms with Crippen molar-refractivity contribution in [2.75, 3.05) is 5.32 Å². The lowest BCUT2D eigenvalue weighted by Crippen LogP contribution is -2.32. The van der Waals surface area contributed by atoms with Crippen LogP contribution >= 0.6 is 23.2 Å². The van der Waals surface area contributed by atoms with Gasteiger partial charge in [0.05, 0.1) is 21.2 Å². The number of halogens is 2. The van der Waals surface area contributed by atoms with E-state index in [0.717, 1.165) is 5.56 Å². The molecule has 2 N–H and O–H groups in total. The topological polar surface area (TPSA) is 91.2 Å². The van der Waals surface area contributed by atoms with Crippen molar-refractivity contribution in [1.82, 2.24) is 5.32 Å². The highest BCUT2D eigenvalue weighted by Gasteiger charge is 2.16. The summed E-state index contributed by atoms with van der Waals surface area (Å²) < 4.78 is 5.17. The second-order valence-corrected chi connectivity index (χ2v) is 7.74. The molecule has 0 radical (unpaired) electrons. The van der Waals surface area contributed by atoms with Crippen molar-refractivity contribution < 1.29 is 14.3 Å². The Labute approximate surface area is 173 Å². The summed E-state index contributed by atoms with van der Waals surface area (Å²) in [6.07, 6.45) is -0.504. The number of ether oxygens (including phenoxy) is 1. The zero-order chi connectivity index (χ0) is 20.9. The average Bonchev–Trinajstić information content (AvgIpc) is 2.59. The van der Waals surface area contributed by atoms with Gasteiger partial charge in [0.15, 0.2) is 0 Å². The van der Waals surface area contributed by atoms with Gasteiger partial charge >= 0.3 is 6.09 Å². The summed E-state index contributed by atoms with van der Waals surface area (Å²) in [7, 11) is 0. The Balaban J connectivity index is 2.00. The van der Waals surface area contributed by atoms with Gasteiger partial charge in [0.1, 0.15) is 11.7 Å². The Kier molecular flexibility index (Phi) is 6.90. The lowest BCUT2D eigenvalue weighted by atomic mass is 10.1. The van der Waals surface area contributed by atoms with Crippen LogP contribution in [0, 0.1) is 11.3 Å². The summed E-state index contributed by atoms with van der Waals surface area (Å²) >= 11 is 11.9. The van der Waals surface area contributed by atoms with E-state index in [9.17, 15) is 9.59 Å². The second-order valence-electron chi connectivity index (χ2n) is 6.93. The van der Waals surface area contributed by atoms with Crippen molar-refractivity contribution in [3.63, 3.8) is 0 Å². The first-order valence-corrected chi connectivity index (χ1v) is 9.11. The van der Waals surface area contributed by atoms with Crippen molar-refractivity contribution in [2.24, 2.45) is 0 Å². The van der Waals surface area contributed by atoms with E-state index in [1.54, 1.807) is 45.0 Å². The molecule has 0 bridgehead atoms. The number of nitrogens with one attached hydrogen (secondary N) is 2. The zero-order valence-corrected chi connectivity index (χ0v) is 17.1. The van der Waals surface area contributed by atoms with Crippen LogP contribution in [0.5, 0.6) is 0 Å². The predicted molar refractivity (Wildman–Crippen MR) is 109 cm³/mol. The number of anilines is 1. The molecule has 2 amide bonds. The number of hydrogen-bond donors (Lipinski definition) is 2. The number of nitrogens with zero attached hydrogens (tertiary/aromatic N) is 1. The second kappa shape index (κ2) is 8.96. The summed E-state index contributed by atoms with van der Waals surface area (Å²) in [4.78, 5) is 24.1. The third kappa shape index (κ3) is 6.15. The first kappa shape index (κ1) is 21.5. The Bertz CT molecular complexity index is 929. The average molecular weight is 420 g/mol. The third-order valence-corrected chi connectivity index (χ3v) is 4.09. The minimum absolute atomic E-state index is 0.151. The molecule has 2 rings (SSSR count). The standard InChI is InChI=1S/C20H19Cl2N3O3/c1-20(2,3)28-19(27)24-11-12-4-6-14(7-5-12)25-18(26)15-8-13(10-23)16(21)9-17(15)22/h4-9H,11H2,1-3H3,(H,24,27)(H,25,26). The highest BCUT2D eigenvalue weighted by Crippen LogP contribution is 2.26. The van der Waals surface area contributed by atoms with Crippen molar-refractivity contribution in [2.45, 2.75) is 32.9 Å². The number of carbonyl (C=O) groups is 2. The van der Waals surface area contributed by atoms with Gasteiger partial charge in [0.2, 0.25) is 0 Å². The summed E-state index contributed by atoms with van der Waals surface area (Å²) in [6, 6.07) is 11.5. The van der Waals surface area contributed by atoms with E-state index in [1.807, 2.05) is 6.07 Å². The quantitative estimate of drug-likeness (QED) is 0.716. The van der Waals surface area contributed by atoms with Crippen LogP contribution in [-0.4, -0.2) is 17.6 Å². The Hall–Kier alpha value is -2.75. The third-order valence-electron chi connectivity index (χ3n) is 3.47. The molecule has 0 spiro atoms. The van der Waals surface area contributed by atoms with Crippen LogP contribution in [0.25, 0.3) is 0 Å². The Morgan fingerprint density at radius 3 is 2.32 bits per heavy atom. The van der Waals surface area contributed by atoms with Gasteiger partial charge in [-0.05, 0) is 50.6 Å². The molecule has 0 aliphatic rings. The molecule has 0 saturated carbocycles. The highest BCUT2D eigenvalue weighted by atomic mass is 35.5. The molecule has 0 atom stereocenters. The van der Waals surface area contributed by atoms with E-state index >= 15 is 0 Å². The van der Waals surface area contributed by atoms with Crippen LogP contribution in [0.3, 0.4) is 0 Å². The van der Waals surface area contributed by atoms with Crippen LogP contribution < -0.4 is 10.6 Å². The van der Waals surface area contributed by atoms with E-state index in [0.29, 0.717) is 5.69 Å². The number of benzene rings is 2. The maximum atomic E-state index is 12.4. The lowest BCUT2D eigenvalue weighted by molar-refractivity contribution is 0.0523. The van der Waals surface area contributed by atoms with Gasteiger partial charge in [0, 0.05) is 12.2 Å². The van der Waals surface area contributed by atoms with Crippen LogP contribution in [0.15, 0.2) is 36.4 Å². The summed E-state index contributed by atoms with van der Waals surface area (Å²) in [5.41, 5.74) is 1.13. The van der Waals surface area contributed by atoms with Crippen molar-refractivity contribution in [3.8, 4) is 6.07 Å². The molecule has 6 nitrogen and oxygen atoms in total. The van der Waals surface area contributed by atoms with Gasteiger partial charge in [0.25, 0.3) is 5.91 Å². The fraction of sp³-hybridized carbons (Fsp3) is 0.250. The van der Waals surface area contributed by atoms with E-state index in [2.05, 4.69) is 10.6 Å². The fourth-order valence-corrected chi connectivity index (χ4v) is 2.71. The first-order valence-electron chi connectivity index (χ1n) is 8.35. The molecule has 2 aromatic rings. The summed E-state index contributed by atoms with van der Waals surface area (Å²) in [5.74, 6) is -0.460. The monoisotopic (exact) mass is 419 g/mol. The van der Waals surface area contributed by atoms with Gasteiger partial charge < -0.3 is 15.4 Å². The fourth-order valence-electron chi connectivity index (χ4n) is 2.20. The molecule has 146 valence electrons. The van der Waals surface area contributed by atoms with Gasteiger partial charge in [-0.3, -0.25) is 4.79 Å². The number of carbonyl (C=O) groups excluding carboxylic acids is 2. The van der Waals surface area contributed by atoms with Gasteiger partial charge in [-0.15, -0.1) is 0 Å². The van der Waals surface area contributed by atoms with E-state index < -0.39 is 17.6 Å². The van der Waals surface area contributed by atoms with Crippen molar-refractivity contribution in [1.29, 1.82) is 5.26 Å². The molecule has 28 heavy (non-hydrogen) atoms. The highest BCUT2D eigenvalue weighted by molar-refractivity contribution is 6.37. The molecule has 2 aromatic carbocycles. The number of amides is 2. The van der Waals surface area contributed by atoms with E-state index in [1.165, 1.54) is 12.1 Å². The summed E-state index contributed by atoms with van der Waals surface area (Å²) in [5, 5.41) is 14.7. The molecule has 0 fully saturated rings. The summed E-state index contributed by atoms with van der Waals surface area (Å²) in [6.45, 7) is 5.65. The molecular formula is C20H19Cl2N3O3. The Morgan fingerprint density at radius 1 is 1.11 bits per heavy atom. The molecular weight excluding hydrogens is 401 g/mol. The number of hydrogen-bond acceptors (Lipinski definition) is 4. The number of rotatable bonds is 4. The molecule has 0 aliphatic carbocycles. The number of nitriles is 1. The largest absolute Gasteiger partial charge is 0.444 e. The molecule has 0 aromatic heterocycles. The minimum Gasteiger partial charge on any atom is -0.444 e. The lowest BCUT2D eigenvalue weighted by Gasteiger charge is -2.19.